The van der Waals surface area contributed by atoms with E-state index in [0.717, 1.165) is 0 Å². The molecule has 0 fully saturated rings. The molecule has 0 spiro atoms. The molecule has 0 aliphatic heterocycles. The highest BCUT2D eigenvalue weighted by atomic mass is 35.5. The van der Waals surface area contributed by atoms with E-state index in [1.165, 1.54) is 18.2 Å². The van der Waals surface area contributed by atoms with E-state index in [2.05, 4.69) is 4.98 Å². The van der Waals surface area contributed by atoms with Gasteiger partial charge in [-0.15, -0.1) is 0 Å². The fraction of sp³-hybridized carbons (Fsp3) is 0.133. The Labute approximate surface area is 130 Å². The first-order valence-corrected chi connectivity index (χ1v) is 7.16. The number of nitrogens with zero attached hydrogens (tertiary/aromatic N) is 1. The minimum Gasteiger partial charge on any atom is -0.330 e. The molecule has 0 aliphatic carbocycles. The molecule has 2 aromatic carbocycles. The zero-order chi connectivity index (χ0) is 15.0. The first-order chi connectivity index (χ1) is 10.1. The van der Waals surface area contributed by atoms with Crippen LogP contribution in [0, 0.1) is 16.4 Å². The lowest BCUT2D eigenvalue weighted by atomic mass is 10.1. The van der Waals surface area contributed by atoms with Crippen molar-refractivity contribution in [1.82, 2.24) is 9.55 Å². The van der Waals surface area contributed by atoms with Crippen LogP contribution in [-0.4, -0.2) is 9.55 Å². The summed E-state index contributed by atoms with van der Waals surface area (Å²) < 4.78 is 29.3. The molecule has 3 rings (SSSR count). The quantitative estimate of drug-likeness (QED) is 0.681. The van der Waals surface area contributed by atoms with Gasteiger partial charge >= 0.3 is 0 Å². The third kappa shape index (κ3) is 2.71. The Kier molecular flexibility index (Phi) is 3.78. The highest BCUT2D eigenvalue weighted by molar-refractivity contribution is 7.71. The van der Waals surface area contributed by atoms with E-state index in [9.17, 15) is 8.78 Å². The van der Waals surface area contributed by atoms with Crippen LogP contribution in [0.25, 0.3) is 11.0 Å². The maximum absolute atomic E-state index is 13.6. The summed E-state index contributed by atoms with van der Waals surface area (Å²) in [6, 6.07) is 9.45. The first-order valence-electron chi connectivity index (χ1n) is 6.37. The van der Waals surface area contributed by atoms with Crippen molar-refractivity contribution < 1.29 is 8.78 Å². The third-order valence-corrected chi connectivity index (χ3v) is 3.99. The van der Waals surface area contributed by atoms with E-state index in [4.69, 9.17) is 23.8 Å². The number of rotatable bonds is 3. The van der Waals surface area contributed by atoms with Gasteiger partial charge in [0.15, 0.2) is 4.77 Å². The number of benzene rings is 2. The van der Waals surface area contributed by atoms with E-state index in [1.54, 1.807) is 22.8 Å². The molecule has 0 radical (unpaired) electrons. The maximum Gasteiger partial charge on any atom is 0.178 e. The molecule has 0 saturated carbocycles. The molecule has 1 heterocycles. The molecule has 0 saturated heterocycles. The number of imidazole rings is 1. The summed E-state index contributed by atoms with van der Waals surface area (Å²) in [6.45, 7) is 0.488. The monoisotopic (exact) mass is 324 g/mol. The van der Waals surface area contributed by atoms with Gasteiger partial charge in [0.2, 0.25) is 0 Å². The predicted molar refractivity (Wildman–Crippen MR) is 82.2 cm³/mol. The lowest BCUT2D eigenvalue weighted by Gasteiger charge is -2.06. The Morgan fingerprint density at radius 1 is 1.14 bits per heavy atom. The molecule has 0 unspecified atom stereocenters. The molecule has 1 aromatic heterocycles. The molecule has 3 aromatic rings. The van der Waals surface area contributed by atoms with Gasteiger partial charge in [-0.05, 0) is 36.3 Å². The van der Waals surface area contributed by atoms with Crippen molar-refractivity contribution in [3.63, 3.8) is 0 Å². The normalized spacial score (nSPS) is 11.2. The molecule has 1 N–H and O–H groups in total. The SMILES string of the molecule is Fc1cc2[nH]c(=S)n(CCc3ccccc3F)c2cc1Cl. The molecule has 108 valence electrons. The number of aryl methyl sites for hydroxylation is 2. The van der Waals surface area contributed by atoms with E-state index in [0.29, 0.717) is 34.3 Å². The second-order valence-electron chi connectivity index (χ2n) is 4.71. The largest absolute Gasteiger partial charge is 0.330 e. The van der Waals surface area contributed by atoms with Crippen molar-refractivity contribution in [2.45, 2.75) is 13.0 Å². The van der Waals surface area contributed by atoms with Gasteiger partial charge in [-0.2, -0.15) is 0 Å². The fourth-order valence-corrected chi connectivity index (χ4v) is 2.76. The highest BCUT2D eigenvalue weighted by Gasteiger charge is 2.10. The molecule has 0 bridgehead atoms. The second-order valence-corrected chi connectivity index (χ2v) is 5.50. The Balaban J connectivity index is 1.97. The van der Waals surface area contributed by atoms with Crippen molar-refractivity contribution in [3.8, 4) is 0 Å². The molecular formula is C15H11ClF2N2S. The molecule has 2 nitrogen and oxygen atoms in total. The van der Waals surface area contributed by atoms with E-state index >= 15 is 0 Å². The summed E-state index contributed by atoms with van der Waals surface area (Å²) in [6.07, 6.45) is 0.489. The summed E-state index contributed by atoms with van der Waals surface area (Å²) in [4.78, 5) is 2.93. The molecule has 0 aliphatic rings. The summed E-state index contributed by atoms with van der Waals surface area (Å²) >= 11 is 11.1. The number of H-pyrrole nitrogens is 1. The third-order valence-electron chi connectivity index (χ3n) is 3.38. The maximum atomic E-state index is 13.6. The van der Waals surface area contributed by atoms with Crippen LogP contribution in [0.15, 0.2) is 36.4 Å². The predicted octanol–water partition coefficient (Wildman–Crippen LogP) is 4.87. The van der Waals surface area contributed by atoms with Crippen LogP contribution in [0.2, 0.25) is 5.02 Å². The summed E-state index contributed by atoms with van der Waals surface area (Å²) in [5.41, 5.74) is 1.90. The van der Waals surface area contributed by atoms with Crippen molar-refractivity contribution in [2.75, 3.05) is 0 Å². The van der Waals surface area contributed by atoms with Crippen LogP contribution in [0.3, 0.4) is 0 Å². The van der Waals surface area contributed by atoms with Gasteiger partial charge in [0, 0.05) is 12.6 Å². The standard InChI is InChI=1S/C15H11ClF2N2S/c16-10-7-14-13(8-12(10)18)19-15(21)20(14)6-5-9-3-1-2-4-11(9)17/h1-4,7-8H,5-6H2,(H,19,21). The van der Waals surface area contributed by atoms with Crippen LogP contribution < -0.4 is 0 Å². The fourth-order valence-electron chi connectivity index (χ4n) is 2.31. The second kappa shape index (κ2) is 5.58. The minimum absolute atomic E-state index is 0.0381. The van der Waals surface area contributed by atoms with E-state index < -0.39 is 5.82 Å². The van der Waals surface area contributed by atoms with Crippen LogP contribution >= 0.6 is 23.8 Å². The molecule has 0 amide bonds. The Morgan fingerprint density at radius 2 is 1.90 bits per heavy atom. The number of aromatic nitrogens is 2. The van der Waals surface area contributed by atoms with Crippen LogP contribution in [0.5, 0.6) is 0 Å². The topological polar surface area (TPSA) is 20.7 Å². The lowest BCUT2D eigenvalue weighted by Crippen LogP contribution is -2.03. The number of halogens is 3. The van der Waals surface area contributed by atoms with E-state index in [1.807, 2.05) is 0 Å². The van der Waals surface area contributed by atoms with Gasteiger partial charge in [0.05, 0.1) is 16.1 Å². The number of fused-ring (bicyclic) bond motifs is 1. The number of nitrogens with one attached hydrogen (secondary N) is 1. The van der Waals surface area contributed by atoms with Crippen molar-refractivity contribution in [3.05, 3.63) is 63.4 Å². The van der Waals surface area contributed by atoms with Gasteiger partial charge in [-0.1, -0.05) is 29.8 Å². The molecule has 21 heavy (non-hydrogen) atoms. The van der Waals surface area contributed by atoms with Gasteiger partial charge < -0.3 is 9.55 Å². The lowest BCUT2D eigenvalue weighted by molar-refractivity contribution is 0.595. The van der Waals surface area contributed by atoms with Gasteiger partial charge in [0.25, 0.3) is 0 Å². The average molecular weight is 325 g/mol. The summed E-state index contributed by atoms with van der Waals surface area (Å²) in [5, 5.41) is 0.0381. The average Bonchev–Trinajstić information content (AvgIpc) is 2.74. The number of aromatic amines is 1. The number of hydrogen-bond donors (Lipinski definition) is 1. The van der Waals surface area contributed by atoms with Gasteiger partial charge in [0.1, 0.15) is 11.6 Å². The van der Waals surface area contributed by atoms with Crippen LogP contribution in [0.1, 0.15) is 5.56 Å². The van der Waals surface area contributed by atoms with Crippen LogP contribution in [0.4, 0.5) is 8.78 Å². The Bertz CT molecular complexity index is 870. The highest BCUT2D eigenvalue weighted by Crippen LogP contribution is 2.23. The van der Waals surface area contributed by atoms with Crippen molar-refractivity contribution in [1.29, 1.82) is 0 Å². The molecule has 0 atom stereocenters. The van der Waals surface area contributed by atoms with Crippen molar-refractivity contribution in [2.24, 2.45) is 0 Å². The van der Waals surface area contributed by atoms with Crippen LogP contribution in [-0.2, 0) is 13.0 Å². The first kappa shape index (κ1) is 14.2. The summed E-state index contributed by atoms with van der Waals surface area (Å²) in [7, 11) is 0. The molecule has 6 heteroatoms. The molecular weight excluding hydrogens is 314 g/mol. The Morgan fingerprint density at radius 3 is 2.67 bits per heavy atom. The Hall–Kier alpha value is -1.72. The zero-order valence-electron chi connectivity index (χ0n) is 10.9. The summed E-state index contributed by atoms with van der Waals surface area (Å²) in [5.74, 6) is -0.741. The van der Waals surface area contributed by atoms with Gasteiger partial charge in [-0.25, -0.2) is 8.78 Å². The minimum atomic E-state index is -0.498. The smallest absolute Gasteiger partial charge is 0.178 e. The van der Waals surface area contributed by atoms with Crippen molar-refractivity contribution >= 4 is 34.9 Å². The van der Waals surface area contributed by atoms with Gasteiger partial charge in [-0.3, -0.25) is 0 Å². The van der Waals surface area contributed by atoms with E-state index in [-0.39, 0.29) is 10.8 Å². The number of hydrogen-bond acceptors (Lipinski definition) is 1. The zero-order valence-corrected chi connectivity index (χ0v) is 12.4.